The summed E-state index contributed by atoms with van der Waals surface area (Å²) in [6.07, 6.45) is 2.87. The number of hydrogen-bond donors (Lipinski definition) is 3. The number of aliphatic hydroxyl groups is 3. The number of carbonyl (C=O) groups is 2. The maximum absolute atomic E-state index is 14.4. The molecular weight excluding hydrogens is 865 g/mol. The Balaban J connectivity index is 1.49. The number of cyclic esters (lactones) is 1. The van der Waals surface area contributed by atoms with Gasteiger partial charge in [-0.3, -0.25) is 9.59 Å². The van der Waals surface area contributed by atoms with E-state index in [9.17, 15) is 24.9 Å². The van der Waals surface area contributed by atoms with Crippen LogP contribution in [0.3, 0.4) is 0 Å². The van der Waals surface area contributed by atoms with Crippen LogP contribution < -0.4 is 0 Å². The molecule has 3 fully saturated rings. The average molecular weight is 943 g/mol. The lowest BCUT2D eigenvalue weighted by Crippen LogP contribution is -2.63. The fourth-order valence-corrected chi connectivity index (χ4v) is 9.77. The Morgan fingerprint density at radius 2 is 1.67 bits per heavy atom. The number of ether oxygens (including phenoxy) is 8. The number of rotatable bonds is 13. The standard InChI is InChI=1S/C51H78N2O14/c1-10-41-37(28-62-42-21-20-40(55)49(59-8)50(42)60-9)25-31(2)18-19-39(54)32(3)26-36-22-24-61-29-38(52-64-23-14-17-35-15-12-11-13-16-35)30-63-43(27-44(56)66-41)33(4)48(36)67-51-47(58)45(53(6)7)46(57)34(5)65-51/h11-19,25,32-34,36-37,40-43,45-51,55,57-58H,10,20-24,26-30H2,1-9H3/b17-14+,19-18+,31-25+,52-38+/t32-,33+,34-,36?,37-,40-,41-,42-,43-,45+,46-,47-,48-,49-,50+,51+/m1/s1. The fraction of sp³-hybridized carbons (Fsp3) is 0.706. The van der Waals surface area contributed by atoms with Gasteiger partial charge in [0.25, 0.3) is 0 Å². The van der Waals surface area contributed by atoms with Gasteiger partial charge >= 0.3 is 5.97 Å². The van der Waals surface area contributed by atoms with Crippen molar-refractivity contribution in [2.75, 3.05) is 61.3 Å². The normalized spacial score (nSPS) is 38.6. The number of oxime groups is 1. The zero-order valence-electron chi connectivity index (χ0n) is 41.0. The molecule has 5 rings (SSSR count). The van der Waals surface area contributed by atoms with Crippen LogP contribution in [0.1, 0.15) is 78.7 Å². The van der Waals surface area contributed by atoms with Crippen molar-refractivity contribution < 1.29 is 67.6 Å². The molecule has 3 N–H and O–H groups in total. The molecule has 0 radical (unpaired) electrons. The Morgan fingerprint density at radius 1 is 0.925 bits per heavy atom. The summed E-state index contributed by atoms with van der Waals surface area (Å²) in [7, 11) is 6.66. The molecule has 1 aliphatic carbocycles. The first kappa shape index (κ1) is 54.5. The van der Waals surface area contributed by atoms with Gasteiger partial charge in [0.15, 0.2) is 12.1 Å². The number of allylic oxidation sites excluding steroid dienone is 3. The van der Waals surface area contributed by atoms with Crippen LogP contribution in [-0.2, 0) is 52.3 Å². The molecule has 376 valence electrons. The number of methoxy groups -OCH3 is 2. The molecule has 16 atom stereocenters. The van der Waals surface area contributed by atoms with Gasteiger partial charge in [-0.25, -0.2) is 0 Å². The van der Waals surface area contributed by atoms with E-state index in [4.69, 9.17) is 42.7 Å². The van der Waals surface area contributed by atoms with Crippen molar-refractivity contribution in [1.82, 2.24) is 4.90 Å². The number of esters is 1. The molecule has 1 aromatic rings. The van der Waals surface area contributed by atoms with Crippen molar-refractivity contribution in [3.63, 3.8) is 0 Å². The van der Waals surface area contributed by atoms with E-state index in [1.165, 1.54) is 7.11 Å². The molecule has 0 spiro atoms. The van der Waals surface area contributed by atoms with Crippen LogP contribution >= 0.6 is 0 Å². The van der Waals surface area contributed by atoms with Gasteiger partial charge < -0.3 is 63.0 Å². The van der Waals surface area contributed by atoms with Crippen LogP contribution in [0.2, 0.25) is 0 Å². The molecule has 3 aliphatic heterocycles. The van der Waals surface area contributed by atoms with Crippen LogP contribution in [0.4, 0.5) is 0 Å². The Hall–Kier alpha value is -3.39. The fourth-order valence-electron chi connectivity index (χ4n) is 9.77. The summed E-state index contributed by atoms with van der Waals surface area (Å²) < 4.78 is 50.2. The minimum Gasteiger partial charge on any atom is -0.462 e. The molecule has 1 unspecified atom stereocenters. The maximum atomic E-state index is 14.4. The quantitative estimate of drug-likeness (QED) is 0.137. The van der Waals surface area contributed by atoms with E-state index in [1.807, 2.05) is 76.3 Å². The van der Waals surface area contributed by atoms with Crippen LogP contribution in [-0.4, -0.2) is 172 Å². The van der Waals surface area contributed by atoms with Crippen LogP contribution in [0, 0.1) is 23.7 Å². The van der Waals surface area contributed by atoms with Crippen LogP contribution in [0.5, 0.6) is 0 Å². The highest BCUT2D eigenvalue weighted by Gasteiger charge is 2.48. The molecular formula is C51H78N2O14. The summed E-state index contributed by atoms with van der Waals surface area (Å²) >= 11 is 0. The summed E-state index contributed by atoms with van der Waals surface area (Å²) in [5.74, 6) is -2.35. The number of hydrogen-bond acceptors (Lipinski definition) is 16. The lowest BCUT2D eigenvalue weighted by molar-refractivity contribution is -0.305. The van der Waals surface area contributed by atoms with Gasteiger partial charge in [0, 0.05) is 38.6 Å². The smallest absolute Gasteiger partial charge is 0.308 e. The number of benzene rings is 1. The number of ketones is 1. The number of fused-ring (bicyclic) bond motifs is 3. The van der Waals surface area contributed by atoms with Gasteiger partial charge in [-0.2, -0.15) is 0 Å². The number of likely N-dealkylation sites (N-methyl/N-ethyl adjacent to an activating group) is 1. The molecule has 2 saturated heterocycles. The van der Waals surface area contributed by atoms with Gasteiger partial charge in [-0.1, -0.05) is 80.1 Å². The van der Waals surface area contributed by atoms with E-state index >= 15 is 0 Å². The van der Waals surface area contributed by atoms with Gasteiger partial charge in [0.05, 0.1) is 68.9 Å². The van der Waals surface area contributed by atoms with E-state index in [1.54, 1.807) is 45.2 Å². The zero-order chi connectivity index (χ0) is 48.6. The summed E-state index contributed by atoms with van der Waals surface area (Å²) in [5.41, 5.74) is 2.29. The monoisotopic (exact) mass is 943 g/mol. The van der Waals surface area contributed by atoms with E-state index in [0.29, 0.717) is 37.8 Å². The second-order valence-electron chi connectivity index (χ2n) is 18.8. The van der Waals surface area contributed by atoms with E-state index in [2.05, 4.69) is 5.16 Å². The van der Waals surface area contributed by atoms with Crippen molar-refractivity contribution in [2.45, 2.75) is 147 Å². The number of nitrogens with zero attached hydrogens (tertiary/aromatic N) is 2. The van der Waals surface area contributed by atoms with Crippen LogP contribution in [0.15, 0.2) is 65.4 Å². The summed E-state index contributed by atoms with van der Waals surface area (Å²) in [6, 6.07) is 9.16. The lowest BCUT2D eigenvalue weighted by Gasteiger charge is -2.47. The minimum atomic E-state index is -1.24. The third-order valence-electron chi connectivity index (χ3n) is 13.6. The third-order valence-corrected chi connectivity index (χ3v) is 13.6. The Bertz CT molecular complexity index is 1790. The second-order valence-corrected chi connectivity index (χ2v) is 18.8. The number of carbonyl (C=O) groups excluding carboxylic acids is 2. The van der Waals surface area contributed by atoms with Gasteiger partial charge in [0.1, 0.15) is 36.7 Å². The largest absolute Gasteiger partial charge is 0.462 e. The Kier molecular flexibility index (Phi) is 22.1. The summed E-state index contributed by atoms with van der Waals surface area (Å²) in [5, 5.41) is 37.8. The predicted molar refractivity (Wildman–Crippen MR) is 252 cm³/mol. The van der Waals surface area contributed by atoms with Gasteiger partial charge in [-0.05, 0) is 83.7 Å². The highest BCUT2D eigenvalue weighted by molar-refractivity contribution is 5.91. The molecule has 3 heterocycles. The molecule has 1 saturated carbocycles. The zero-order valence-corrected chi connectivity index (χ0v) is 41.0. The van der Waals surface area contributed by atoms with Gasteiger partial charge in [-0.15, -0.1) is 0 Å². The molecule has 67 heavy (non-hydrogen) atoms. The van der Waals surface area contributed by atoms with E-state index in [0.717, 1.165) is 11.1 Å². The maximum Gasteiger partial charge on any atom is 0.308 e. The lowest BCUT2D eigenvalue weighted by atomic mass is 9.79. The highest BCUT2D eigenvalue weighted by atomic mass is 16.7. The van der Waals surface area contributed by atoms with Crippen molar-refractivity contribution >= 4 is 23.5 Å². The average Bonchev–Trinajstić information content (AvgIpc) is 3.33. The molecule has 4 aliphatic rings. The predicted octanol–water partition coefficient (Wildman–Crippen LogP) is 4.92. The van der Waals surface area contributed by atoms with E-state index in [-0.39, 0.29) is 57.3 Å². The Morgan fingerprint density at radius 3 is 2.37 bits per heavy atom. The van der Waals surface area contributed by atoms with Crippen molar-refractivity contribution in [2.24, 2.45) is 28.8 Å². The molecule has 0 aromatic heterocycles. The molecule has 16 heteroatoms. The summed E-state index contributed by atoms with van der Waals surface area (Å²) in [6.45, 7) is 10.1. The highest BCUT2D eigenvalue weighted by Crippen LogP contribution is 2.36. The third kappa shape index (κ3) is 15.6. The Labute approximate surface area is 397 Å². The molecule has 0 amide bonds. The number of aliphatic hydroxyl groups excluding tert-OH is 3. The SMILES string of the molecule is CC[C@H]1OC(=O)C[C@H]2OC/C(=N/OC/C=C/c3ccccc3)COCCC(C[C@@H](C)C(=O)/C=C/C(C)=C/[C@@H]1CO[C@@H]1CC[C@@H](O)[C@@H](OC)[C@H]1OC)[C@H](O[C@@H]1O[C@H](C)[C@@H](O)[C@H](N(C)C)[C@H]1O)[C@H]2C. The van der Waals surface area contributed by atoms with Crippen molar-refractivity contribution in [3.05, 3.63) is 65.8 Å². The first-order valence-corrected chi connectivity index (χ1v) is 24.0. The first-order chi connectivity index (χ1) is 32.1. The van der Waals surface area contributed by atoms with Crippen LogP contribution in [0.25, 0.3) is 6.08 Å². The molecule has 2 bridgehead atoms. The minimum absolute atomic E-state index is 0.0366. The van der Waals surface area contributed by atoms with Crippen molar-refractivity contribution in [3.8, 4) is 0 Å². The molecule has 1 aromatic carbocycles. The second kappa shape index (κ2) is 27.1. The molecule has 16 nitrogen and oxygen atoms in total. The van der Waals surface area contributed by atoms with Gasteiger partial charge in [0.2, 0.25) is 0 Å². The van der Waals surface area contributed by atoms with E-state index < -0.39 is 91.0 Å². The first-order valence-electron chi connectivity index (χ1n) is 24.0. The summed E-state index contributed by atoms with van der Waals surface area (Å²) in [4.78, 5) is 35.9. The van der Waals surface area contributed by atoms with Crippen molar-refractivity contribution in [1.29, 1.82) is 0 Å². The topological polar surface area (TPSA) is 194 Å².